The maximum Gasteiger partial charge on any atom is 0.0351 e. The van der Waals surface area contributed by atoms with Crippen molar-refractivity contribution in [1.82, 2.24) is 0 Å². The summed E-state index contributed by atoms with van der Waals surface area (Å²) in [5.41, 5.74) is 3.36. The molecule has 1 heteroatoms. The minimum atomic E-state index is 0.230. The number of fused-ring (bicyclic) bond motifs is 1. The molecule has 1 aromatic carbocycles. The quantitative estimate of drug-likeness (QED) is 0.561. The summed E-state index contributed by atoms with van der Waals surface area (Å²) in [5, 5.41) is 1.43. The molecule has 0 atom stereocenters. The van der Waals surface area contributed by atoms with Gasteiger partial charge in [-0.15, -0.1) is 11.3 Å². The first-order chi connectivity index (χ1) is 8.10. The Morgan fingerprint density at radius 1 is 0.889 bits per heavy atom. The average molecular weight is 260 g/mol. The van der Waals surface area contributed by atoms with Crippen molar-refractivity contribution < 1.29 is 0 Å². The van der Waals surface area contributed by atoms with Crippen molar-refractivity contribution >= 4 is 21.4 Å². The van der Waals surface area contributed by atoms with E-state index >= 15 is 0 Å². The lowest BCUT2D eigenvalue weighted by molar-refractivity contribution is 0.591. The van der Waals surface area contributed by atoms with Gasteiger partial charge in [0.15, 0.2) is 0 Å². The largest absolute Gasteiger partial charge is 0.139 e. The number of aryl methyl sites for hydroxylation is 1. The summed E-state index contributed by atoms with van der Waals surface area (Å²) in [6, 6.07) is 6.97. The molecule has 0 nitrogen and oxygen atoms in total. The fourth-order valence-electron chi connectivity index (χ4n) is 2.41. The van der Waals surface area contributed by atoms with Crippen LogP contribution in [0.3, 0.4) is 0 Å². The molecule has 1 heterocycles. The van der Waals surface area contributed by atoms with E-state index in [1.54, 1.807) is 0 Å². The zero-order valence-electron chi connectivity index (χ0n) is 12.6. The van der Waals surface area contributed by atoms with Crippen molar-refractivity contribution in [1.29, 1.82) is 0 Å². The van der Waals surface area contributed by atoms with Crippen molar-refractivity contribution in [3.8, 4) is 0 Å². The van der Waals surface area contributed by atoms with Gasteiger partial charge >= 0.3 is 0 Å². The molecule has 0 spiro atoms. The molecule has 98 valence electrons. The summed E-state index contributed by atoms with van der Waals surface area (Å²) >= 11 is 1.96. The molecule has 0 unspecified atom stereocenters. The molecule has 0 saturated heterocycles. The van der Waals surface area contributed by atoms with E-state index in [0.29, 0.717) is 0 Å². The monoisotopic (exact) mass is 260 g/mol. The summed E-state index contributed by atoms with van der Waals surface area (Å²) in [6.45, 7) is 16.0. The van der Waals surface area contributed by atoms with Crippen molar-refractivity contribution in [2.24, 2.45) is 0 Å². The molecule has 18 heavy (non-hydrogen) atoms. The number of benzene rings is 1. The van der Waals surface area contributed by atoms with E-state index in [1.807, 2.05) is 11.3 Å². The minimum Gasteiger partial charge on any atom is -0.139 e. The SMILES string of the molecule is Cc1c(C(C)(C)C)sc2cc(C(C)(C)C)ccc12. The summed E-state index contributed by atoms with van der Waals surface area (Å²) in [6.07, 6.45) is 0. The second-order valence-electron chi connectivity index (χ2n) is 7.27. The molecule has 0 amide bonds. The normalized spacial score (nSPS) is 13.3. The van der Waals surface area contributed by atoms with Crippen molar-refractivity contribution in [2.75, 3.05) is 0 Å². The fourth-order valence-corrected chi connectivity index (χ4v) is 3.71. The Labute approximate surface area is 115 Å². The van der Waals surface area contributed by atoms with Crippen LogP contribution in [-0.4, -0.2) is 0 Å². The Hall–Kier alpha value is -0.820. The second-order valence-corrected chi connectivity index (χ2v) is 8.32. The van der Waals surface area contributed by atoms with Gasteiger partial charge in [0.1, 0.15) is 0 Å². The van der Waals surface area contributed by atoms with Gasteiger partial charge in [0.25, 0.3) is 0 Å². The predicted octanol–water partition coefficient (Wildman–Crippen LogP) is 5.80. The third-order valence-corrected chi connectivity index (χ3v) is 5.17. The maximum absolute atomic E-state index is 2.38. The highest BCUT2D eigenvalue weighted by Gasteiger charge is 2.22. The Kier molecular flexibility index (Phi) is 3.09. The Morgan fingerprint density at radius 2 is 1.50 bits per heavy atom. The van der Waals surface area contributed by atoms with Crippen LogP contribution in [0.15, 0.2) is 18.2 Å². The summed E-state index contributed by atoms with van der Waals surface area (Å²) in [7, 11) is 0. The van der Waals surface area contributed by atoms with Gasteiger partial charge in [-0.3, -0.25) is 0 Å². The molecular formula is C17H24S. The lowest BCUT2D eigenvalue weighted by Gasteiger charge is -2.18. The summed E-state index contributed by atoms with van der Waals surface area (Å²) in [4.78, 5) is 1.52. The van der Waals surface area contributed by atoms with Crippen molar-refractivity contribution in [2.45, 2.75) is 59.3 Å². The van der Waals surface area contributed by atoms with Crippen molar-refractivity contribution in [3.05, 3.63) is 34.2 Å². The van der Waals surface area contributed by atoms with Gasteiger partial charge in [-0.1, -0.05) is 53.7 Å². The first kappa shape index (κ1) is 13.6. The first-order valence-electron chi connectivity index (χ1n) is 6.65. The average Bonchev–Trinajstić information content (AvgIpc) is 2.54. The lowest BCUT2D eigenvalue weighted by atomic mass is 9.86. The van der Waals surface area contributed by atoms with E-state index < -0.39 is 0 Å². The van der Waals surface area contributed by atoms with Crippen LogP contribution in [0.25, 0.3) is 10.1 Å². The number of hydrogen-bond donors (Lipinski definition) is 0. The molecular weight excluding hydrogens is 236 g/mol. The van der Waals surface area contributed by atoms with E-state index in [9.17, 15) is 0 Å². The number of rotatable bonds is 0. The standard InChI is InChI=1S/C17H24S/c1-11-13-9-8-12(16(2,3)4)10-14(13)18-15(11)17(5,6)7/h8-10H,1-7H3. The van der Waals surface area contributed by atoms with Crippen molar-refractivity contribution in [3.63, 3.8) is 0 Å². The topological polar surface area (TPSA) is 0 Å². The highest BCUT2D eigenvalue weighted by Crippen LogP contribution is 2.39. The van der Waals surface area contributed by atoms with E-state index in [-0.39, 0.29) is 10.8 Å². The highest BCUT2D eigenvalue weighted by atomic mass is 32.1. The molecule has 0 radical (unpaired) electrons. The van der Waals surface area contributed by atoms with Crippen LogP contribution in [0.5, 0.6) is 0 Å². The zero-order chi connectivity index (χ0) is 13.7. The molecule has 0 N–H and O–H groups in total. The maximum atomic E-state index is 2.38. The van der Waals surface area contributed by atoms with Gasteiger partial charge in [-0.25, -0.2) is 0 Å². The fraction of sp³-hybridized carbons (Fsp3) is 0.529. The third kappa shape index (κ3) is 2.33. The predicted molar refractivity (Wildman–Crippen MR) is 84.0 cm³/mol. The molecule has 0 aliphatic rings. The van der Waals surface area contributed by atoms with Crippen LogP contribution in [0.2, 0.25) is 0 Å². The van der Waals surface area contributed by atoms with Gasteiger partial charge in [0.05, 0.1) is 0 Å². The molecule has 0 bridgehead atoms. The Balaban J connectivity index is 2.67. The van der Waals surface area contributed by atoms with E-state index in [2.05, 4.69) is 66.7 Å². The summed E-state index contributed by atoms with van der Waals surface area (Å²) in [5.74, 6) is 0. The van der Waals surface area contributed by atoms with E-state index in [1.165, 1.54) is 26.1 Å². The second kappa shape index (κ2) is 4.09. The summed E-state index contributed by atoms with van der Waals surface area (Å²) < 4.78 is 1.44. The molecule has 0 fully saturated rings. The van der Waals surface area contributed by atoms with Crippen LogP contribution in [-0.2, 0) is 10.8 Å². The third-order valence-electron chi connectivity index (χ3n) is 3.49. The van der Waals surface area contributed by atoms with Gasteiger partial charge < -0.3 is 0 Å². The highest BCUT2D eigenvalue weighted by molar-refractivity contribution is 7.19. The lowest BCUT2D eigenvalue weighted by Crippen LogP contribution is -2.10. The molecule has 2 rings (SSSR count). The van der Waals surface area contributed by atoms with Crippen LogP contribution < -0.4 is 0 Å². The van der Waals surface area contributed by atoms with Crippen LogP contribution in [0.4, 0.5) is 0 Å². The molecule has 0 aliphatic heterocycles. The smallest absolute Gasteiger partial charge is 0.0351 e. The van der Waals surface area contributed by atoms with Gasteiger partial charge in [-0.2, -0.15) is 0 Å². The van der Waals surface area contributed by atoms with Gasteiger partial charge in [0, 0.05) is 9.58 Å². The molecule has 0 saturated carbocycles. The number of hydrogen-bond acceptors (Lipinski definition) is 1. The molecule has 1 aromatic heterocycles. The molecule has 2 aromatic rings. The Bertz CT molecular complexity index is 574. The first-order valence-corrected chi connectivity index (χ1v) is 7.46. The van der Waals surface area contributed by atoms with Crippen LogP contribution in [0, 0.1) is 6.92 Å². The zero-order valence-corrected chi connectivity index (χ0v) is 13.5. The molecule has 0 aliphatic carbocycles. The Morgan fingerprint density at radius 3 is 2.00 bits per heavy atom. The van der Waals surface area contributed by atoms with E-state index in [0.717, 1.165) is 0 Å². The van der Waals surface area contributed by atoms with Crippen LogP contribution >= 0.6 is 11.3 Å². The minimum absolute atomic E-state index is 0.230. The van der Waals surface area contributed by atoms with E-state index in [4.69, 9.17) is 0 Å². The van der Waals surface area contributed by atoms with Gasteiger partial charge in [-0.05, 0) is 40.3 Å². The van der Waals surface area contributed by atoms with Crippen LogP contribution in [0.1, 0.15) is 57.5 Å². The van der Waals surface area contributed by atoms with Gasteiger partial charge in [0.2, 0.25) is 0 Å². The number of thiophene rings is 1.